The van der Waals surface area contributed by atoms with E-state index in [1.807, 2.05) is 0 Å². The molecule has 12 heteroatoms. The highest BCUT2D eigenvalue weighted by molar-refractivity contribution is 7.91. The normalized spacial score (nSPS) is 17.4. The van der Waals surface area contributed by atoms with E-state index in [2.05, 4.69) is 10.9 Å². The molecule has 1 aliphatic rings. The second kappa shape index (κ2) is 9.40. The largest absolute Gasteiger partial charge is 0.465 e. The smallest absolute Gasteiger partial charge is 0.337 e. The number of thiazole rings is 1. The van der Waals surface area contributed by atoms with Crippen LogP contribution in [-0.4, -0.2) is 48.9 Å². The summed E-state index contributed by atoms with van der Waals surface area (Å²) in [6.07, 6.45) is 6.43. The van der Waals surface area contributed by atoms with Crippen LogP contribution in [0.1, 0.15) is 23.2 Å². The quantitative estimate of drug-likeness (QED) is 0.378. The van der Waals surface area contributed by atoms with Crippen molar-refractivity contribution in [2.24, 2.45) is 4.99 Å². The molecule has 1 fully saturated rings. The zero-order chi connectivity index (χ0) is 23.8. The first-order chi connectivity index (χ1) is 15.8. The number of terminal acetylenes is 1. The fraction of sp³-hybridized carbons (Fsp3) is 0.286. The number of carbonyl (C=O) groups is 2. The van der Waals surface area contributed by atoms with Gasteiger partial charge in [-0.25, -0.2) is 13.2 Å². The molecule has 8 nitrogen and oxygen atoms in total. The van der Waals surface area contributed by atoms with E-state index in [9.17, 15) is 18.0 Å². The average Bonchev–Trinajstić information content (AvgIpc) is 3.52. The van der Waals surface area contributed by atoms with Crippen LogP contribution in [0, 0.1) is 12.3 Å². The highest BCUT2D eigenvalue weighted by Gasteiger charge is 2.40. The number of benzene rings is 1. The van der Waals surface area contributed by atoms with Crippen LogP contribution in [0.15, 0.2) is 39.5 Å². The van der Waals surface area contributed by atoms with Crippen LogP contribution in [0.25, 0.3) is 10.2 Å². The molecule has 0 spiro atoms. The predicted molar refractivity (Wildman–Crippen MR) is 127 cm³/mol. The molecule has 0 unspecified atom stereocenters. The Morgan fingerprint density at radius 1 is 1.30 bits per heavy atom. The Balaban J connectivity index is 1.74. The summed E-state index contributed by atoms with van der Waals surface area (Å²) >= 11 is 8.05. The molecule has 0 radical (unpaired) electrons. The van der Waals surface area contributed by atoms with E-state index in [0.717, 1.165) is 11.3 Å². The van der Waals surface area contributed by atoms with Crippen LogP contribution in [0.2, 0.25) is 4.34 Å². The van der Waals surface area contributed by atoms with Crippen molar-refractivity contribution in [1.82, 2.24) is 8.87 Å². The molecule has 0 aliphatic carbocycles. The molecule has 1 aromatic carbocycles. The molecule has 4 rings (SSSR count). The Morgan fingerprint density at radius 3 is 2.76 bits per heavy atom. The minimum atomic E-state index is -3.87. The third kappa shape index (κ3) is 4.49. The molecule has 33 heavy (non-hydrogen) atoms. The molecule has 0 N–H and O–H groups in total. The summed E-state index contributed by atoms with van der Waals surface area (Å²) in [5.41, 5.74) is 1.07. The standard InChI is InChI=1S/C21H18ClN3O5S3/c1-3-10-24-14-7-6-13(20(27)30-2)12-16(14)31-21(24)23-19(26)15-5-4-11-25(15)33(28,29)18-9-8-17(22)32-18/h1,6-9,12,15H,4-5,10-11H2,2H3/t15-/m0/s1. The van der Waals surface area contributed by atoms with Crippen molar-refractivity contribution in [3.8, 4) is 12.3 Å². The molecule has 1 atom stereocenters. The maximum atomic E-state index is 13.1. The van der Waals surface area contributed by atoms with Gasteiger partial charge in [-0.05, 0) is 43.2 Å². The molecule has 172 valence electrons. The fourth-order valence-electron chi connectivity index (χ4n) is 3.64. The third-order valence-electron chi connectivity index (χ3n) is 5.16. The zero-order valence-corrected chi connectivity index (χ0v) is 20.6. The maximum Gasteiger partial charge on any atom is 0.337 e. The number of halogens is 1. The highest BCUT2D eigenvalue weighted by atomic mass is 35.5. The summed E-state index contributed by atoms with van der Waals surface area (Å²) in [6.45, 7) is 0.382. The summed E-state index contributed by atoms with van der Waals surface area (Å²) in [5, 5.41) is 0. The number of hydrogen-bond donors (Lipinski definition) is 0. The topological polar surface area (TPSA) is 98.0 Å². The molecular formula is C21H18ClN3O5S3. The van der Waals surface area contributed by atoms with E-state index >= 15 is 0 Å². The first-order valence-corrected chi connectivity index (χ1v) is 13.2. The number of hydrogen-bond acceptors (Lipinski definition) is 7. The number of fused-ring (bicyclic) bond motifs is 1. The number of methoxy groups -OCH3 is 1. The Morgan fingerprint density at radius 2 is 2.09 bits per heavy atom. The lowest BCUT2D eigenvalue weighted by Gasteiger charge is -2.20. The van der Waals surface area contributed by atoms with Gasteiger partial charge in [0, 0.05) is 6.54 Å². The van der Waals surface area contributed by atoms with Gasteiger partial charge in [-0.15, -0.1) is 17.8 Å². The van der Waals surface area contributed by atoms with Gasteiger partial charge in [0.2, 0.25) is 0 Å². The van der Waals surface area contributed by atoms with E-state index < -0.39 is 27.9 Å². The van der Waals surface area contributed by atoms with E-state index in [-0.39, 0.29) is 17.3 Å². The number of rotatable bonds is 5. The molecule has 1 saturated heterocycles. The number of aromatic nitrogens is 1. The van der Waals surface area contributed by atoms with Crippen molar-refractivity contribution >= 4 is 66.4 Å². The second-order valence-electron chi connectivity index (χ2n) is 7.13. The number of ether oxygens (including phenoxy) is 1. The predicted octanol–water partition coefficient (Wildman–Crippen LogP) is 3.12. The van der Waals surface area contributed by atoms with Gasteiger partial charge in [0.1, 0.15) is 10.3 Å². The Hall–Kier alpha value is -2.49. The van der Waals surface area contributed by atoms with Crippen molar-refractivity contribution in [3.63, 3.8) is 0 Å². The van der Waals surface area contributed by atoms with Crippen LogP contribution >= 0.6 is 34.3 Å². The van der Waals surface area contributed by atoms with Gasteiger partial charge >= 0.3 is 5.97 Å². The Kier molecular flexibility index (Phi) is 6.74. The first kappa shape index (κ1) is 23.7. The molecule has 0 bridgehead atoms. The van der Waals surface area contributed by atoms with Crippen LogP contribution in [0.5, 0.6) is 0 Å². The van der Waals surface area contributed by atoms with Crippen LogP contribution in [0.3, 0.4) is 0 Å². The SMILES string of the molecule is C#CCn1c(=NC(=O)[C@@H]2CCCN2S(=O)(=O)c2ccc(Cl)s2)sc2cc(C(=O)OC)ccc21. The lowest BCUT2D eigenvalue weighted by molar-refractivity contribution is -0.121. The number of nitrogens with zero attached hydrogens (tertiary/aromatic N) is 3. The van der Waals surface area contributed by atoms with Gasteiger partial charge in [0.15, 0.2) is 4.80 Å². The lowest BCUT2D eigenvalue weighted by atomic mass is 10.2. The molecule has 2 aromatic heterocycles. The molecule has 1 amide bonds. The van der Waals surface area contributed by atoms with Crippen molar-refractivity contribution in [3.05, 3.63) is 45.0 Å². The van der Waals surface area contributed by atoms with Crippen molar-refractivity contribution in [2.45, 2.75) is 29.6 Å². The Bertz CT molecular complexity index is 1460. The van der Waals surface area contributed by atoms with Crippen LogP contribution in [0.4, 0.5) is 0 Å². The first-order valence-electron chi connectivity index (χ1n) is 9.77. The summed E-state index contributed by atoms with van der Waals surface area (Å²) in [4.78, 5) is 29.6. The summed E-state index contributed by atoms with van der Waals surface area (Å²) in [7, 11) is -2.57. The van der Waals surface area contributed by atoms with E-state index in [0.29, 0.717) is 37.8 Å². The van der Waals surface area contributed by atoms with Crippen LogP contribution < -0.4 is 4.80 Å². The molecule has 0 saturated carbocycles. The van der Waals surface area contributed by atoms with Gasteiger partial charge in [-0.1, -0.05) is 28.9 Å². The fourth-order valence-corrected chi connectivity index (χ4v) is 7.98. The van der Waals surface area contributed by atoms with Crippen molar-refractivity contribution in [2.75, 3.05) is 13.7 Å². The van der Waals surface area contributed by atoms with Gasteiger partial charge in [-0.2, -0.15) is 9.30 Å². The Labute approximate surface area is 203 Å². The summed E-state index contributed by atoms with van der Waals surface area (Å²) < 4.78 is 34.9. The van der Waals surface area contributed by atoms with Crippen molar-refractivity contribution < 1.29 is 22.7 Å². The summed E-state index contributed by atoms with van der Waals surface area (Å²) in [5.74, 6) is 1.49. The maximum absolute atomic E-state index is 13.1. The van der Waals surface area contributed by atoms with E-state index in [1.165, 1.54) is 34.9 Å². The molecule has 3 aromatic rings. The number of esters is 1. The second-order valence-corrected chi connectivity index (χ2v) is 12.0. The van der Waals surface area contributed by atoms with Gasteiger partial charge in [-0.3, -0.25) is 4.79 Å². The molecule has 3 heterocycles. The zero-order valence-electron chi connectivity index (χ0n) is 17.4. The van der Waals surface area contributed by atoms with E-state index in [1.54, 1.807) is 22.8 Å². The average molecular weight is 524 g/mol. The van der Waals surface area contributed by atoms with Crippen molar-refractivity contribution in [1.29, 1.82) is 0 Å². The summed E-state index contributed by atoms with van der Waals surface area (Å²) in [6, 6.07) is 7.01. The lowest BCUT2D eigenvalue weighted by Crippen LogP contribution is -2.40. The van der Waals surface area contributed by atoms with E-state index in [4.69, 9.17) is 22.8 Å². The number of sulfonamides is 1. The number of carbonyl (C=O) groups excluding carboxylic acids is 2. The highest BCUT2D eigenvalue weighted by Crippen LogP contribution is 2.32. The third-order valence-corrected chi connectivity index (χ3v) is 9.81. The minimum absolute atomic E-state index is 0.0896. The van der Waals surface area contributed by atoms with Gasteiger partial charge in [0.25, 0.3) is 15.9 Å². The minimum Gasteiger partial charge on any atom is -0.465 e. The van der Waals surface area contributed by atoms with Gasteiger partial charge < -0.3 is 9.30 Å². The molecular weight excluding hydrogens is 506 g/mol. The monoisotopic (exact) mass is 523 g/mol. The van der Waals surface area contributed by atoms with Crippen LogP contribution in [-0.2, 0) is 26.1 Å². The number of amides is 1. The molecule has 1 aliphatic heterocycles. The van der Waals surface area contributed by atoms with Gasteiger partial charge in [0.05, 0.1) is 33.8 Å². The number of thiophene rings is 1.